The van der Waals surface area contributed by atoms with Crippen LogP contribution >= 0.6 is 0 Å². The van der Waals surface area contributed by atoms with Crippen LogP contribution in [0.15, 0.2) is 66.9 Å². The first-order valence-electron chi connectivity index (χ1n) is 9.24. The number of nitrogens with zero attached hydrogens (tertiary/aromatic N) is 2. The Morgan fingerprint density at radius 2 is 1.86 bits per heavy atom. The van der Waals surface area contributed by atoms with Gasteiger partial charge in [0.25, 0.3) is 0 Å². The lowest BCUT2D eigenvalue weighted by Gasteiger charge is -2.19. The van der Waals surface area contributed by atoms with Crippen molar-refractivity contribution in [3.8, 4) is 23.7 Å². The van der Waals surface area contributed by atoms with E-state index in [1.807, 2.05) is 36.4 Å². The molecule has 5 heteroatoms. The summed E-state index contributed by atoms with van der Waals surface area (Å²) < 4.78 is 11.3. The molecule has 0 bridgehead atoms. The van der Waals surface area contributed by atoms with Crippen LogP contribution in [0.3, 0.4) is 0 Å². The normalized spacial score (nSPS) is 17.8. The molecule has 2 aromatic carbocycles. The Hall–Kier alpha value is -3.64. The fraction of sp³-hybridized carbons (Fsp3) is 0.167. The third-order valence-electron chi connectivity index (χ3n) is 4.77. The molecule has 2 heterocycles. The Balaban J connectivity index is 1.58. The molecule has 1 aliphatic heterocycles. The lowest BCUT2D eigenvalue weighted by Crippen LogP contribution is -2.17. The van der Waals surface area contributed by atoms with Crippen molar-refractivity contribution in [3.63, 3.8) is 0 Å². The third-order valence-corrected chi connectivity index (χ3v) is 4.77. The molecule has 1 aliphatic rings. The Morgan fingerprint density at radius 1 is 1.03 bits per heavy atom. The minimum atomic E-state index is -0.101. The molecule has 1 N–H and O–H groups in total. The zero-order chi connectivity index (χ0) is 20.1. The third kappa shape index (κ3) is 4.28. The summed E-state index contributed by atoms with van der Waals surface area (Å²) in [5.41, 5.74) is 4.24. The van der Waals surface area contributed by atoms with E-state index in [4.69, 9.17) is 14.7 Å². The number of rotatable bonds is 3. The molecule has 4 rings (SSSR count). The Morgan fingerprint density at radius 3 is 2.66 bits per heavy atom. The first-order chi connectivity index (χ1) is 14.3. The van der Waals surface area contributed by atoms with Crippen molar-refractivity contribution in [2.45, 2.75) is 12.1 Å². The minimum absolute atomic E-state index is 0.0282. The molecule has 0 unspecified atom stereocenters. The quantitative estimate of drug-likeness (QED) is 0.701. The summed E-state index contributed by atoms with van der Waals surface area (Å²) >= 11 is 0. The average molecular weight is 381 g/mol. The topological polar surface area (TPSA) is 67.2 Å². The number of nitrogens with one attached hydrogen (secondary N) is 1. The standard InChI is InChI=1S/C24H19N3O2/c1-28-22-7-3-6-20(13-22)24-23(27-16-29-24)19-5-2-4-17(12-19)8-9-18-10-11-21(14-25)26-15-18/h2-7,10-13,15,23-24,27H,16H2,1H3/t23-,24-/m1/s1. The predicted molar refractivity (Wildman–Crippen MR) is 109 cm³/mol. The van der Waals surface area contributed by atoms with E-state index in [0.717, 1.165) is 28.0 Å². The highest BCUT2D eigenvalue weighted by Crippen LogP contribution is 2.37. The lowest BCUT2D eigenvalue weighted by atomic mass is 9.95. The molecule has 142 valence electrons. The molecule has 29 heavy (non-hydrogen) atoms. The highest BCUT2D eigenvalue weighted by atomic mass is 16.5. The zero-order valence-corrected chi connectivity index (χ0v) is 15.9. The molecule has 0 spiro atoms. The van der Waals surface area contributed by atoms with Gasteiger partial charge in [-0.2, -0.15) is 5.26 Å². The van der Waals surface area contributed by atoms with Crippen LogP contribution in [0.5, 0.6) is 5.75 Å². The molecular formula is C24H19N3O2. The average Bonchev–Trinajstić information content (AvgIpc) is 3.28. The van der Waals surface area contributed by atoms with Crippen LogP contribution in [0.4, 0.5) is 0 Å². The van der Waals surface area contributed by atoms with Gasteiger partial charge in [0.15, 0.2) is 0 Å². The highest BCUT2D eigenvalue weighted by molar-refractivity contribution is 5.45. The molecule has 3 aromatic rings. The van der Waals surface area contributed by atoms with E-state index in [0.29, 0.717) is 12.4 Å². The van der Waals surface area contributed by atoms with Crippen molar-refractivity contribution >= 4 is 0 Å². The van der Waals surface area contributed by atoms with Gasteiger partial charge in [-0.05, 0) is 47.5 Å². The van der Waals surface area contributed by atoms with Crippen molar-refractivity contribution < 1.29 is 9.47 Å². The van der Waals surface area contributed by atoms with Gasteiger partial charge in [0.1, 0.15) is 23.6 Å². The Kier molecular flexibility index (Phi) is 5.54. The second kappa shape index (κ2) is 8.58. The van der Waals surface area contributed by atoms with Crippen LogP contribution in [0.2, 0.25) is 0 Å². The van der Waals surface area contributed by atoms with Gasteiger partial charge in [0.2, 0.25) is 0 Å². The molecule has 1 saturated heterocycles. The summed E-state index contributed by atoms with van der Waals surface area (Å²) in [6.45, 7) is 0.485. The molecule has 1 fully saturated rings. The van der Waals surface area contributed by atoms with Crippen molar-refractivity contribution in [3.05, 3.63) is 94.8 Å². The first kappa shape index (κ1) is 18.7. The maximum absolute atomic E-state index is 8.83. The number of benzene rings is 2. The van der Waals surface area contributed by atoms with Crippen LogP contribution in [-0.4, -0.2) is 18.8 Å². The van der Waals surface area contributed by atoms with Crippen molar-refractivity contribution in [2.24, 2.45) is 0 Å². The van der Waals surface area contributed by atoms with Gasteiger partial charge < -0.3 is 9.47 Å². The lowest BCUT2D eigenvalue weighted by molar-refractivity contribution is 0.103. The van der Waals surface area contributed by atoms with Gasteiger partial charge in [0.05, 0.1) is 19.9 Å². The van der Waals surface area contributed by atoms with Crippen LogP contribution < -0.4 is 10.1 Å². The molecule has 2 atom stereocenters. The van der Waals surface area contributed by atoms with E-state index in [9.17, 15) is 0 Å². The maximum atomic E-state index is 8.83. The molecular weight excluding hydrogens is 362 g/mol. The van der Waals surface area contributed by atoms with Crippen LogP contribution in [0.25, 0.3) is 0 Å². The van der Waals surface area contributed by atoms with Crippen molar-refractivity contribution in [1.82, 2.24) is 10.3 Å². The summed E-state index contributed by atoms with van der Waals surface area (Å²) in [5.74, 6) is 7.08. The van der Waals surface area contributed by atoms with Gasteiger partial charge in [-0.25, -0.2) is 4.98 Å². The van der Waals surface area contributed by atoms with E-state index in [-0.39, 0.29) is 12.1 Å². The van der Waals surface area contributed by atoms with Crippen LogP contribution in [0.1, 0.15) is 40.1 Å². The Bertz CT molecular complexity index is 1110. The summed E-state index contributed by atoms with van der Waals surface area (Å²) in [6, 6.07) is 21.6. The van der Waals surface area contributed by atoms with Crippen LogP contribution in [0, 0.1) is 23.2 Å². The summed E-state index contributed by atoms with van der Waals surface area (Å²) in [7, 11) is 1.66. The van der Waals surface area contributed by atoms with E-state index in [1.165, 1.54) is 0 Å². The van der Waals surface area contributed by atoms with Gasteiger partial charge in [-0.3, -0.25) is 5.32 Å². The van der Waals surface area contributed by atoms with E-state index in [2.05, 4.69) is 40.3 Å². The summed E-state index contributed by atoms with van der Waals surface area (Å²) in [5, 5.41) is 12.3. The van der Waals surface area contributed by atoms with Gasteiger partial charge in [0, 0.05) is 17.3 Å². The van der Waals surface area contributed by atoms with Crippen LogP contribution in [-0.2, 0) is 4.74 Å². The molecule has 0 amide bonds. The minimum Gasteiger partial charge on any atom is -0.497 e. The fourth-order valence-corrected chi connectivity index (χ4v) is 3.32. The Labute approximate surface area is 169 Å². The van der Waals surface area contributed by atoms with Crippen molar-refractivity contribution in [1.29, 1.82) is 5.26 Å². The SMILES string of the molecule is COc1cccc([C@H]2OCN[C@@H]2c2cccc(C#Cc3ccc(C#N)nc3)c2)c1. The molecule has 1 aromatic heterocycles. The predicted octanol–water partition coefficient (Wildman–Crippen LogP) is 3.72. The van der Waals surface area contributed by atoms with E-state index >= 15 is 0 Å². The number of aromatic nitrogens is 1. The van der Waals surface area contributed by atoms with Gasteiger partial charge >= 0.3 is 0 Å². The smallest absolute Gasteiger partial charge is 0.140 e. The summed E-state index contributed by atoms with van der Waals surface area (Å²) in [6.07, 6.45) is 1.51. The first-order valence-corrected chi connectivity index (χ1v) is 9.24. The second-order valence-corrected chi connectivity index (χ2v) is 6.61. The maximum Gasteiger partial charge on any atom is 0.140 e. The number of hydrogen-bond donors (Lipinski definition) is 1. The van der Waals surface area contributed by atoms with E-state index < -0.39 is 0 Å². The number of pyridine rings is 1. The highest BCUT2D eigenvalue weighted by Gasteiger charge is 2.30. The molecule has 0 radical (unpaired) electrons. The zero-order valence-electron chi connectivity index (χ0n) is 15.9. The number of nitriles is 1. The number of ether oxygens (including phenoxy) is 2. The summed E-state index contributed by atoms with van der Waals surface area (Å²) in [4.78, 5) is 4.05. The second-order valence-electron chi connectivity index (χ2n) is 6.61. The molecule has 0 aliphatic carbocycles. The fourth-order valence-electron chi connectivity index (χ4n) is 3.32. The van der Waals surface area contributed by atoms with E-state index in [1.54, 1.807) is 25.4 Å². The number of methoxy groups -OCH3 is 1. The molecule has 5 nitrogen and oxygen atoms in total. The largest absolute Gasteiger partial charge is 0.497 e. The monoisotopic (exact) mass is 381 g/mol. The number of hydrogen-bond acceptors (Lipinski definition) is 5. The van der Waals surface area contributed by atoms with Gasteiger partial charge in [-0.1, -0.05) is 36.1 Å². The van der Waals surface area contributed by atoms with Crippen molar-refractivity contribution in [2.75, 3.05) is 13.8 Å². The van der Waals surface area contributed by atoms with Gasteiger partial charge in [-0.15, -0.1) is 0 Å². The molecule has 0 saturated carbocycles.